The molecule has 2 aromatic rings. The third kappa shape index (κ3) is 5.68. The Kier molecular flexibility index (Phi) is 6.43. The predicted octanol–water partition coefficient (Wildman–Crippen LogP) is 2.54. The Balaban J connectivity index is 1.79. The number of hydrogen-bond acceptors (Lipinski definition) is 3. The van der Waals surface area contributed by atoms with Crippen molar-refractivity contribution in [1.82, 2.24) is 10.6 Å². The summed E-state index contributed by atoms with van der Waals surface area (Å²) in [4.78, 5) is 12.0. The van der Waals surface area contributed by atoms with Gasteiger partial charge in [-0.25, -0.2) is 0 Å². The predicted molar refractivity (Wildman–Crippen MR) is 90.1 cm³/mol. The van der Waals surface area contributed by atoms with E-state index in [1.165, 1.54) is 11.8 Å². The van der Waals surface area contributed by atoms with Crippen molar-refractivity contribution in [3.05, 3.63) is 83.6 Å². The molecule has 2 rings (SSSR count). The molecule has 2 aromatic carbocycles. The highest BCUT2D eigenvalue weighted by Crippen LogP contribution is 2.00. The van der Waals surface area contributed by atoms with Gasteiger partial charge in [-0.05, 0) is 17.5 Å². The van der Waals surface area contributed by atoms with E-state index in [-0.39, 0.29) is 11.5 Å². The van der Waals surface area contributed by atoms with Gasteiger partial charge >= 0.3 is 0 Å². The molecule has 0 radical (unpaired) electrons. The molecule has 0 spiro atoms. The molecule has 0 saturated carbocycles. The van der Waals surface area contributed by atoms with Crippen LogP contribution < -0.4 is 10.6 Å². The Labute approximate surface area is 136 Å². The van der Waals surface area contributed by atoms with Crippen LogP contribution in [0.4, 0.5) is 0 Å². The molecule has 0 aromatic heterocycles. The minimum atomic E-state index is -0.372. The van der Waals surface area contributed by atoms with E-state index in [0.717, 1.165) is 12.0 Å². The van der Waals surface area contributed by atoms with E-state index in [1.54, 1.807) is 0 Å². The lowest BCUT2D eigenvalue weighted by Crippen LogP contribution is -2.25. The first kappa shape index (κ1) is 16.3. The van der Waals surface area contributed by atoms with Crippen molar-refractivity contribution in [2.24, 2.45) is 0 Å². The SMILES string of the molecule is N#C/C(=C/NCCc1ccccc1)C(=O)NCc1ccccc1. The van der Waals surface area contributed by atoms with Crippen LogP contribution in [0.25, 0.3) is 0 Å². The highest BCUT2D eigenvalue weighted by Gasteiger charge is 2.07. The largest absolute Gasteiger partial charge is 0.389 e. The number of nitrogens with one attached hydrogen (secondary N) is 2. The second-order valence-corrected chi connectivity index (χ2v) is 5.03. The molecule has 0 unspecified atom stereocenters. The van der Waals surface area contributed by atoms with Crippen LogP contribution in [0.2, 0.25) is 0 Å². The first-order valence-corrected chi connectivity index (χ1v) is 7.49. The lowest BCUT2D eigenvalue weighted by atomic mass is 10.1. The van der Waals surface area contributed by atoms with Crippen LogP contribution in [0.15, 0.2) is 72.4 Å². The van der Waals surface area contributed by atoms with Crippen LogP contribution in [-0.2, 0) is 17.8 Å². The molecule has 0 aliphatic carbocycles. The van der Waals surface area contributed by atoms with Gasteiger partial charge in [-0.3, -0.25) is 4.79 Å². The van der Waals surface area contributed by atoms with Crippen molar-refractivity contribution >= 4 is 5.91 Å². The molecule has 0 aliphatic heterocycles. The van der Waals surface area contributed by atoms with Gasteiger partial charge < -0.3 is 10.6 Å². The maximum absolute atomic E-state index is 12.0. The Morgan fingerprint density at radius 1 is 1.00 bits per heavy atom. The molecule has 2 N–H and O–H groups in total. The van der Waals surface area contributed by atoms with Crippen molar-refractivity contribution in [3.63, 3.8) is 0 Å². The Bertz CT molecular complexity index is 688. The fraction of sp³-hybridized carbons (Fsp3) is 0.158. The summed E-state index contributed by atoms with van der Waals surface area (Å²) in [5, 5.41) is 14.8. The molecule has 0 heterocycles. The Morgan fingerprint density at radius 2 is 1.61 bits per heavy atom. The highest BCUT2D eigenvalue weighted by molar-refractivity contribution is 5.97. The van der Waals surface area contributed by atoms with E-state index in [1.807, 2.05) is 66.7 Å². The van der Waals surface area contributed by atoms with E-state index in [4.69, 9.17) is 5.26 Å². The fourth-order valence-corrected chi connectivity index (χ4v) is 2.06. The van der Waals surface area contributed by atoms with Crippen molar-refractivity contribution < 1.29 is 4.79 Å². The molecule has 116 valence electrons. The van der Waals surface area contributed by atoms with Crippen LogP contribution >= 0.6 is 0 Å². The molecule has 0 atom stereocenters. The van der Waals surface area contributed by atoms with Gasteiger partial charge in [-0.2, -0.15) is 5.26 Å². The lowest BCUT2D eigenvalue weighted by Gasteiger charge is -2.05. The Morgan fingerprint density at radius 3 is 2.22 bits per heavy atom. The summed E-state index contributed by atoms with van der Waals surface area (Å²) in [6.07, 6.45) is 2.31. The van der Waals surface area contributed by atoms with E-state index in [0.29, 0.717) is 13.1 Å². The summed E-state index contributed by atoms with van der Waals surface area (Å²) in [5.41, 5.74) is 2.28. The number of benzene rings is 2. The first-order valence-electron chi connectivity index (χ1n) is 7.49. The number of carbonyl (C=O) groups excluding carboxylic acids is 1. The third-order valence-corrected chi connectivity index (χ3v) is 3.31. The molecule has 0 bridgehead atoms. The molecular weight excluding hydrogens is 286 g/mol. The van der Waals surface area contributed by atoms with Gasteiger partial charge in [0.2, 0.25) is 0 Å². The van der Waals surface area contributed by atoms with Crippen LogP contribution in [-0.4, -0.2) is 12.5 Å². The normalized spacial score (nSPS) is 10.7. The van der Waals surface area contributed by atoms with Crippen molar-refractivity contribution in [2.45, 2.75) is 13.0 Å². The van der Waals surface area contributed by atoms with E-state index in [9.17, 15) is 4.79 Å². The maximum Gasteiger partial charge on any atom is 0.263 e. The van der Waals surface area contributed by atoms with Crippen LogP contribution in [0.5, 0.6) is 0 Å². The number of amides is 1. The zero-order valence-corrected chi connectivity index (χ0v) is 12.8. The van der Waals surface area contributed by atoms with Crippen LogP contribution in [0.1, 0.15) is 11.1 Å². The van der Waals surface area contributed by atoms with Gasteiger partial charge in [0, 0.05) is 19.3 Å². The van der Waals surface area contributed by atoms with Gasteiger partial charge in [0.05, 0.1) is 0 Å². The molecular formula is C19H19N3O. The van der Waals surface area contributed by atoms with Crippen molar-refractivity contribution in [3.8, 4) is 6.07 Å². The molecule has 0 fully saturated rings. The standard InChI is InChI=1S/C19H19N3O/c20-13-18(15-21-12-11-16-7-3-1-4-8-16)19(23)22-14-17-9-5-2-6-10-17/h1-10,15,21H,11-12,14H2,(H,22,23)/b18-15-. The van der Waals surface area contributed by atoms with Gasteiger partial charge in [-0.15, -0.1) is 0 Å². The summed E-state index contributed by atoms with van der Waals surface area (Å²) in [5.74, 6) is -0.372. The fourth-order valence-electron chi connectivity index (χ4n) is 2.06. The summed E-state index contributed by atoms with van der Waals surface area (Å²) in [6, 6.07) is 21.6. The number of carbonyl (C=O) groups is 1. The van der Waals surface area contributed by atoms with Gasteiger partial charge in [-0.1, -0.05) is 60.7 Å². The topological polar surface area (TPSA) is 64.9 Å². The summed E-state index contributed by atoms with van der Waals surface area (Å²) in [6.45, 7) is 1.07. The minimum Gasteiger partial charge on any atom is -0.389 e. The maximum atomic E-state index is 12.0. The number of hydrogen-bond donors (Lipinski definition) is 2. The lowest BCUT2D eigenvalue weighted by molar-refractivity contribution is -0.117. The molecule has 4 heteroatoms. The monoisotopic (exact) mass is 305 g/mol. The first-order chi connectivity index (χ1) is 11.3. The summed E-state index contributed by atoms with van der Waals surface area (Å²) in [7, 11) is 0. The average molecular weight is 305 g/mol. The third-order valence-electron chi connectivity index (χ3n) is 3.31. The number of nitrogens with zero attached hydrogens (tertiary/aromatic N) is 1. The van der Waals surface area contributed by atoms with Crippen LogP contribution in [0.3, 0.4) is 0 Å². The van der Waals surface area contributed by atoms with Gasteiger partial charge in [0.15, 0.2) is 0 Å². The van der Waals surface area contributed by atoms with E-state index in [2.05, 4.69) is 10.6 Å². The molecule has 4 nitrogen and oxygen atoms in total. The van der Waals surface area contributed by atoms with Gasteiger partial charge in [0.1, 0.15) is 11.6 Å². The smallest absolute Gasteiger partial charge is 0.263 e. The highest BCUT2D eigenvalue weighted by atomic mass is 16.1. The minimum absolute atomic E-state index is 0.0778. The van der Waals surface area contributed by atoms with Crippen molar-refractivity contribution in [1.29, 1.82) is 5.26 Å². The summed E-state index contributed by atoms with van der Waals surface area (Å²) < 4.78 is 0. The molecule has 23 heavy (non-hydrogen) atoms. The Hall–Kier alpha value is -3.06. The molecule has 0 saturated heterocycles. The van der Waals surface area contributed by atoms with Crippen molar-refractivity contribution in [2.75, 3.05) is 6.54 Å². The molecule has 1 amide bonds. The second kappa shape index (κ2) is 9.06. The van der Waals surface area contributed by atoms with Crippen LogP contribution in [0, 0.1) is 11.3 Å². The summed E-state index contributed by atoms with van der Waals surface area (Å²) >= 11 is 0. The zero-order valence-electron chi connectivity index (χ0n) is 12.8. The second-order valence-electron chi connectivity index (χ2n) is 5.03. The van der Waals surface area contributed by atoms with E-state index >= 15 is 0 Å². The average Bonchev–Trinajstić information content (AvgIpc) is 2.61. The zero-order chi connectivity index (χ0) is 16.3. The number of nitriles is 1. The van der Waals surface area contributed by atoms with E-state index < -0.39 is 0 Å². The number of rotatable bonds is 7. The quantitative estimate of drug-likeness (QED) is 0.469. The molecule has 0 aliphatic rings. The van der Waals surface area contributed by atoms with Gasteiger partial charge in [0.25, 0.3) is 5.91 Å².